The van der Waals surface area contributed by atoms with Crippen molar-refractivity contribution in [2.45, 2.75) is 24.4 Å². The van der Waals surface area contributed by atoms with E-state index in [-0.39, 0.29) is 0 Å². The molecule has 0 aliphatic heterocycles. The molecule has 10 heteroatoms. The Morgan fingerprint density at radius 2 is 1.65 bits per heavy atom. The van der Waals surface area contributed by atoms with Crippen molar-refractivity contribution in [2.24, 2.45) is 0 Å². The molecule has 8 nitrogen and oxygen atoms in total. The molecular formula is C21H20ClN5O3S. The molecule has 0 atom stereocenters. The first kappa shape index (κ1) is 21.2. The van der Waals surface area contributed by atoms with E-state index in [1.165, 1.54) is 11.8 Å². The zero-order valence-corrected chi connectivity index (χ0v) is 18.8. The van der Waals surface area contributed by atoms with Crippen LogP contribution in [0.25, 0.3) is 22.8 Å². The molecule has 2 heterocycles. The monoisotopic (exact) mass is 457 g/mol. The summed E-state index contributed by atoms with van der Waals surface area (Å²) in [6, 6.07) is 12.9. The Morgan fingerprint density at radius 3 is 2.29 bits per heavy atom. The van der Waals surface area contributed by atoms with Crippen LogP contribution in [0.1, 0.15) is 12.8 Å². The van der Waals surface area contributed by atoms with Gasteiger partial charge in [0.15, 0.2) is 11.0 Å². The van der Waals surface area contributed by atoms with E-state index >= 15 is 0 Å². The topological polar surface area (TPSA) is 88.1 Å². The highest BCUT2D eigenvalue weighted by atomic mass is 35.5. The molecule has 2 aromatic carbocycles. The van der Waals surface area contributed by atoms with E-state index in [1.807, 2.05) is 41.8 Å². The highest BCUT2D eigenvalue weighted by Crippen LogP contribution is 2.32. The molecule has 31 heavy (non-hydrogen) atoms. The molecule has 0 fully saturated rings. The van der Waals surface area contributed by atoms with Gasteiger partial charge in [-0.3, -0.25) is 0 Å². The molecule has 2 aromatic heterocycles. The van der Waals surface area contributed by atoms with Crippen molar-refractivity contribution in [2.75, 3.05) is 14.2 Å². The summed E-state index contributed by atoms with van der Waals surface area (Å²) in [7, 11) is 3.24. The fraction of sp³-hybridized carbons (Fsp3) is 0.238. The number of nitrogens with zero attached hydrogens (tertiary/aromatic N) is 5. The van der Waals surface area contributed by atoms with E-state index < -0.39 is 0 Å². The number of hydrogen-bond acceptors (Lipinski definition) is 8. The van der Waals surface area contributed by atoms with Gasteiger partial charge in [-0.05, 0) is 43.3 Å². The first-order valence-corrected chi connectivity index (χ1v) is 10.9. The average Bonchev–Trinajstić information content (AvgIpc) is 3.44. The van der Waals surface area contributed by atoms with Gasteiger partial charge in [0.1, 0.15) is 11.5 Å². The molecule has 0 spiro atoms. The number of thioether (sulfide) groups is 1. The molecule has 0 radical (unpaired) electrons. The first-order valence-electron chi connectivity index (χ1n) is 9.49. The van der Waals surface area contributed by atoms with E-state index in [9.17, 15) is 0 Å². The van der Waals surface area contributed by atoms with Crippen molar-refractivity contribution in [1.29, 1.82) is 0 Å². The molecule has 0 N–H and O–H groups in total. The maximum absolute atomic E-state index is 5.93. The second-order valence-electron chi connectivity index (χ2n) is 6.45. The number of halogens is 1. The summed E-state index contributed by atoms with van der Waals surface area (Å²) < 4.78 is 18.5. The second-order valence-corrected chi connectivity index (χ2v) is 7.83. The fourth-order valence-electron chi connectivity index (χ4n) is 2.98. The van der Waals surface area contributed by atoms with E-state index in [2.05, 4.69) is 20.4 Å². The van der Waals surface area contributed by atoms with Crippen LogP contribution >= 0.6 is 23.4 Å². The Balaban J connectivity index is 1.53. The number of ether oxygens (including phenoxy) is 2. The smallest absolute Gasteiger partial charge is 0.247 e. The van der Waals surface area contributed by atoms with Crippen LogP contribution in [0.3, 0.4) is 0 Å². The lowest BCUT2D eigenvalue weighted by molar-refractivity contribution is 0.394. The molecule has 0 aliphatic rings. The first-order chi connectivity index (χ1) is 15.1. The van der Waals surface area contributed by atoms with Crippen LogP contribution in [-0.2, 0) is 12.3 Å². The summed E-state index contributed by atoms with van der Waals surface area (Å²) in [6.07, 6.45) is 0. The van der Waals surface area contributed by atoms with Gasteiger partial charge < -0.3 is 18.5 Å². The molecule has 160 valence electrons. The van der Waals surface area contributed by atoms with E-state index in [1.54, 1.807) is 26.4 Å². The van der Waals surface area contributed by atoms with E-state index in [0.29, 0.717) is 40.6 Å². The molecule has 0 aliphatic carbocycles. The van der Waals surface area contributed by atoms with Crippen LogP contribution < -0.4 is 9.47 Å². The molecule has 0 saturated carbocycles. The zero-order valence-electron chi connectivity index (χ0n) is 17.2. The van der Waals surface area contributed by atoms with Crippen LogP contribution in [0.4, 0.5) is 0 Å². The summed E-state index contributed by atoms with van der Waals surface area (Å²) >= 11 is 7.41. The summed E-state index contributed by atoms with van der Waals surface area (Å²) in [6.45, 7) is 2.74. The van der Waals surface area contributed by atoms with Crippen molar-refractivity contribution in [1.82, 2.24) is 25.0 Å². The molecule has 4 aromatic rings. The Kier molecular flexibility index (Phi) is 6.43. The van der Waals surface area contributed by atoms with Crippen molar-refractivity contribution in [3.05, 3.63) is 53.4 Å². The quantitative estimate of drug-likeness (QED) is 0.342. The fourth-order valence-corrected chi connectivity index (χ4v) is 3.94. The summed E-state index contributed by atoms with van der Waals surface area (Å²) in [4.78, 5) is 0. The number of rotatable bonds is 8. The normalized spacial score (nSPS) is 11.0. The van der Waals surface area contributed by atoms with Gasteiger partial charge in [-0.2, -0.15) is 0 Å². The molecule has 0 unspecified atom stereocenters. The Hall–Kier alpha value is -3.04. The van der Waals surface area contributed by atoms with Gasteiger partial charge in [0.25, 0.3) is 0 Å². The standard InChI is InChI=1S/C21H20ClN5O3S/c1-4-27-19(14-9-16(28-2)11-17(10-14)29-3)24-26-21(27)31-12-18-23-25-20(30-18)13-5-7-15(22)8-6-13/h5-11H,4,12H2,1-3H3. The largest absolute Gasteiger partial charge is 0.497 e. The summed E-state index contributed by atoms with van der Waals surface area (Å²) in [5, 5.41) is 18.4. The summed E-state index contributed by atoms with van der Waals surface area (Å²) in [5.74, 6) is 3.54. The Labute approximate surface area is 188 Å². The molecule has 4 rings (SSSR count). The van der Waals surface area contributed by atoms with Crippen LogP contribution in [0, 0.1) is 0 Å². The third kappa shape index (κ3) is 4.67. The Bertz CT molecular complexity index is 1150. The number of benzene rings is 2. The van der Waals surface area contributed by atoms with Gasteiger partial charge in [-0.15, -0.1) is 20.4 Å². The van der Waals surface area contributed by atoms with Crippen LogP contribution in [0.2, 0.25) is 5.02 Å². The second kappa shape index (κ2) is 9.40. The molecule has 0 amide bonds. The van der Waals surface area contributed by atoms with E-state index in [0.717, 1.165) is 22.1 Å². The van der Waals surface area contributed by atoms with Gasteiger partial charge in [0.2, 0.25) is 11.8 Å². The Morgan fingerprint density at radius 1 is 0.935 bits per heavy atom. The van der Waals surface area contributed by atoms with Gasteiger partial charge >= 0.3 is 0 Å². The third-order valence-corrected chi connectivity index (χ3v) is 5.73. The predicted molar refractivity (Wildman–Crippen MR) is 119 cm³/mol. The number of hydrogen-bond donors (Lipinski definition) is 0. The van der Waals surface area contributed by atoms with Gasteiger partial charge in [-0.1, -0.05) is 23.4 Å². The minimum absolute atomic E-state index is 0.452. The third-order valence-electron chi connectivity index (χ3n) is 4.53. The lowest BCUT2D eigenvalue weighted by Crippen LogP contribution is -2.00. The average molecular weight is 458 g/mol. The molecule has 0 bridgehead atoms. The minimum Gasteiger partial charge on any atom is -0.497 e. The van der Waals surface area contributed by atoms with Gasteiger partial charge in [-0.25, -0.2) is 0 Å². The summed E-state index contributed by atoms with van der Waals surface area (Å²) in [5.41, 5.74) is 1.68. The highest BCUT2D eigenvalue weighted by Gasteiger charge is 2.17. The lowest BCUT2D eigenvalue weighted by Gasteiger charge is -2.10. The van der Waals surface area contributed by atoms with Gasteiger partial charge in [0, 0.05) is 28.8 Å². The van der Waals surface area contributed by atoms with Crippen LogP contribution in [-0.4, -0.2) is 39.2 Å². The molecule has 0 saturated heterocycles. The maximum Gasteiger partial charge on any atom is 0.247 e. The maximum atomic E-state index is 5.93. The van der Waals surface area contributed by atoms with Crippen molar-refractivity contribution in [3.63, 3.8) is 0 Å². The number of methoxy groups -OCH3 is 2. The SMILES string of the molecule is CCn1c(SCc2nnc(-c3ccc(Cl)cc3)o2)nnc1-c1cc(OC)cc(OC)c1. The van der Waals surface area contributed by atoms with Gasteiger partial charge in [0.05, 0.1) is 20.0 Å². The van der Waals surface area contributed by atoms with Crippen LogP contribution in [0.15, 0.2) is 52.0 Å². The number of aromatic nitrogens is 5. The van der Waals surface area contributed by atoms with Crippen molar-refractivity contribution in [3.8, 4) is 34.3 Å². The van der Waals surface area contributed by atoms with Crippen molar-refractivity contribution >= 4 is 23.4 Å². The lowest BCUT2D eigenvalue weighted by atomic mass is 10.2. The minimum atomic E-state index is 0.452. The van der Waals surface area contributed by atoms with Crippen LogP contribution in [0.5, 0.6) is 11.5 Å². The molecular weight excluding hydrogens is 438 g/mol. The van der Waals surface area contributed by atoms with E-state index in [4.69, 9.17) is 25.5 Å². The van der Waals surface area contributed by atoms with Crippen molar-refractivity contribution < 1.29 is 13.9 Å². The zero-order chi connectivity index (χ0) is 21.8. The predicted octanol–water partition coefficient (Wildman–Crippen LogP) is 4.98. The highest BCUT2D eigenvalue weighted by molar-refractivity contribution is 7.98.